The molecule has 1 aromatic carbocycles. The Hall–Kier alpha value is -1.98. The van der Waals surface area contributed by atoms with Crippen molar-refractivity contribution in [2.75, 3.05) is 7.05 Å². The van der Waals surface area contributed by atoms with Gasteiger partial charge in [0.1, 0.15) is 11.6 Å². The van der Waals surface area contributed by atoms with Gasteiger partial charge in [-0.05, 0) is 42.9 Å². The molecule has 1 aromatic rings. The van der Waals surface area contributed by atoms with Crippen molar-refractivity contribution in [1.29, 1.82) is 0 Å². The molecule has 3 N–H and O–H groups in total. The van der Waals surface area contributed by atoms with Gasteiger partial charge < -0.3 is 11.1 Å². The van der Waals surface area contributed by atoms with E-state index in [-0.39, 0.29) is 5.91 Å². The second-order valence-electron chi connectivity index (χ2n) is 6.23. The number of carbonyl (C=O) groups excluding carboxylic acids is 2. The van der Waals surface area contributed by atoms with E-state index >= 15 is 0 Å². The van der Waals surface area contributed by atoms with Crippen molar-refractivity contribution in [3.05, 3.63) is 35.4 Å². The van der Waals surface area contributed by atoms with E-state index in [1.807, 2.05) is 0 Å². The van der Waals surface area contributed by atoms with Crippen molar-refractivity contribution >= 4 is 11.8 Å². The molecule has 2 amide bonds. The van der Waals surface area contributed by atoms with Crippen molar-refractivity contribution in [2.24, 2.45) is 23.5 Å². The van der Waals surface area contributed by atoms with Gasteiger partial charge in [-0.2, -0.15) is 0 Å². The normalized spacial score (nSPS) is 16.7. The molecule has 0 heterocycles. The number of halogens is 2. The fraction of sp³-hybridized carbons (Fsp3) is 0.529. The minimum atomic E-state index is -0.656. The average Bonchev–Trinajstić information content (AvgIpc) is 3.28. The molecule has 1 aliphatic carbocycles. The van der Waals surface area contributed by atoms with Gasteiger partial charge in [0.15, 0.2) is 0 Å². The SMILES string of the molecule is CNC(=O)C(CC1CC1)[C@H](CCc1cc(F)cc(F)c1)C(N)=O. The zero-order chi connectivity index (χ0) is 17.0. The highest BCUT2D eigenvalue weighted by molar-refractivity contribution is 5.86. The van der Waals surface area contributed by atoms with Crippen LogP contribution in [0.3, 0.4) is 0 Å². The van der Waals surface area contributed by atoms with Gasteiger partial charge in [-0.15, -0.1) is 0 Å². The number of primary amides is 1. The second kappa shape index (κ2) is 7.53. The molecule has 0 bridgehead atoms. The first kappa shape index (κ1) is 17.4. The lowest BCUT2D eigenvalue weighted by Gasteiger charge is -2.23. The minimum Gasteiger partial charge on any atom is -0.369 e. The highest BCUT2D eigenvalue weighted by Crippen LogP contribution is 2.38. The third-order valence-corrected chi connectivity index (χ3v) is 4.38. The topological polar surface area (TPSA) is 72.2 Å². The zero-order valence-corrected chi connectivity index (χ0v) is 13.1. The summed E-state index contributed by atoms with van der Waals surface area (Å²) >= 11 is 0. The summed E-state index contributed by atoms with van der Waals surface area (Å²) in [5, 5.41) is 2.58. The van der Waals surface area contributed by atoms with E-state index in [0.717, 1.165) is 18.9 Å². The molecule has 4 nitrogen and oxygen atoms in total. The number of carbonyl (C=O) groups is 2. The van der Waals surface area contributed by atoms with Crippen LogP contribution in [0.25, 0.3) is 0 Å². The van der Waals surface area contributed by atoms with Gasteiger partial charge in [-0.3, -0.25) is 9.59 Å². The number of hydrogen-bond donors (Lipinski definition) is 2. The highest BCUT2D eigenvalue weighted by atomic mass is 19.1. The van der Waals surface area contributed by atoms with E-state index in [1.54, 1.807) is 0 Å². The second-order valence-corrected chi connectivity index (χ2v) is 6.23. The molecular weight excluding hydrogens is 302 g/mol. The Kier molecular flexibility index (Phi) is 5.69. The van der Waals surface area contributed by atoms with Crippen LogP contribution in [0.5, 0.6) is 0 Å². The molecule has 2 atom stereocenters. The van der Waals surface area contributed by atoms with Crippen molar-refractivity contribution < 1.29 is 18.4 Å². The molecule has 1 fully saturated rings. The summed E-state index contributed by atoms with van der Waals surface area (Å²) < 4.78 is 26.5. The molecule has 6 heteroatoms. The first-order valence-corrected chi connectivity index (χ1v) is 7.86. The molecular formula is C17H22F2N2O2. The summed E-state index contributed by atoms with van der Waals surface area (Å²) in [5.74, 6) is -2.72. The summed E-state index contributed by atoms with van der Waals surface area (Å²) in [4.78, 5) is 23.9. The van der Waals surface area contributed by atoms with Gasteiger partial charge >= 0.3 is 0 Å². The smallest absolute Gasteiger partial charge is 0.223 e. The van der Waals surface area contributed by atoms with Gasteiger partial charge in [0.2, 0.25) is 11.8 Å². The van der Waals surface area contributed by atoms with E-state index in [1.165, 1.54) is 19.2 Å². The molecule has 23 heavy (non-hydrogen) atoms. The fourth-order valence-electron chi connectivity index (χ4n) is 2.97. The maximum Gasteiger partial charge on any atom is 0.223 e. The number of hydrogen-bond acceptors (Lipinski definition) is 2. The van der Waals surface area contributed by atoms with Crippen molar-refractivity contribution in [1.82, 2.24) is 5.32 Å². The van der Waals surface area contributed by atoms with E-state index in [0.29, 0.717) is 30.7 Å². The van der Waals surface area contributed by atoms with E-state index in [9.17, 15) is 18.4 Å². The summed E-state index contributed by atoms with van der Waals surface area (Å²) in [6.07, 6.45) is 3.34. The molecule has 0 radical (unpaired) electrons. The first-order valence-electron chi connectivity index (χ1n) is 7.86. The maximum atomic E-state index is 13.2. The monoisotopic (exact) mass is 324 g/mol. The van der Waals surface area contributed by atoms with Crippen molar-refractivity contribution in [2.45, 2.75) is 32.1 Å². The summed E-state index contributed by atoms with van der Waals surface area (Å²) in [7, 11) is 1.53. The Labute approximate surface area is 134 Å². The predicted octanol–water partition coefficient (Wildman–Crippen LogP) is 2.16. The third kappa shape index (κ3) is 5.01. The lowest BCUT2D eigenvalue weighted by atomic mass is 9.82. The molecule has 0 saturated heterocycles. The highest BCUT2D eigenvalue weighted by Gasteiger charge is 2.36. The van der Waals surface area contributed by atoms with E-state index < -0.39 is 29.4 Å². The van der Waals surface area contributed by atoms with Crippen molar-refractivity contribution in [3.8, 4) is 0 Å². The Bertz CT molecular complexity index is 568. The molecule has 2 rings (SSSR count). The largest absolute Gasteiger partial charge is 0.369 e. The lowest BCUT2D eigenvalue weighted by Crippen LogP contribution is -2.39. The number of aryl methyl sites for hydroxylation is 1. The van der Waals surface area contributed by atoms with Gasteiger partial charge in [0.05, 0.1) is 0 Å². The Morgan fingerprint density at radius 1 is 1.22 bits per heavy atom. The Balaban J connectivity index is 2.09. The zero-order valence-electron chi connectivity index (χ0n) is 13.1. The quantitative estimate of drug-likeness (QED) is 0.769. The summed E-state index contributed by atoms with van der Waals surface area (Å²) in [6.45, 7) is 0. The molecule has 126 valence electrons. The third-order valence-electron chi connectivity index (χ3n) is 4.38. The van der Waals surface area contributed by atoms with E-state index in [4.69, 9.17) is 5.73 Å². The van der Waals surface area contributed by atoms with Crippen LogP contribution < -0.4 is 11.1 Å². The van der Waals surface area contributed by atoms with Crippen LogP contribution in [-0.2, 0) is 16.0 Å². The Morgan fingerprint density at radius 2 is 1.83 bits per heavy atom. The number of nitrogens with one attached hydrogen (secondary N) is 1. The molecule has 1 saturated carbocycles. The molecule has 1 aliphatic rings. The van der Waals surface area contributed by atoms with Crippen LogP contribution in [0.2, 0.25) is 0 Å². The number of amides is 2. The van der Waals surface area contributed by atoms with Gasteiger partial charge in [-0.25, -0.2) is 8.78 Å². The van der Waals surface area contributed by atoms with Crippen LogP contribution in [-0.4, -0.2) is 18.9 Å². The molecule has 0 aromatic heterocycles. The van der Waals surface area contributed by atoms with Crippen molar-refractivity contribution in [3.63, 3.8) is 0 Å². The molecule has 1 unspecified atom stereocenters. The van der Waals surface area contributed by atoms with Gasteiger partial charge in [-0.1, -0.05) is 12.8 Å². The standard InChI is InChI=1S/C17H22F2N2O2/c1-21-17(23)15(8-10-2-3-10)14(16(20)22)5-4-11-6-12(18)9-13(19)7-11/h6-7,9-10,14-15H,2-5,8H2,1H3,(H2,20,22)(H,21,23)/t14-,15?/m0/s1. The van der Waals surface area contributed by atoms with Crippen LogP contribution in [0.4, 0.5) is 8.78 Å². The fourth-order valence-corrected chi connectivity index (χ4v) is 2.97. The minimum absolute atomic E-state index is 0.203. The maximum absolute atomic E-state index is 13.2. The number of benzene rings is 1. The van der Waals surface area contributed by atoms with Crippen LogP contribution in [0, 0.1) is 29.4 Å². The summed E-state index contributed by atoms with van der Waals surface area (Å²) in [6, 6.07) is 3.27. The average molecular weight is 324 g/mol. The Morgan fingerprint density at radius 3 is 2.30 bits per heavy atom. The van der Waals surface area contributed by atoms with Gasteiger partial charge in [0, 0.05) is 24.9 Å². The number of rotatable bonds is 8. The van der Waals surface area contributed by atoms with Gasteiger partial charge in [0.25, 0.3) is 0 Å². The molecule has 0 spiro atoms. The van der Waals surface area contributed by atoms with Crippen LogP contribution in [0.15, 0.2) is 18.2 Å². The molecule has 0 aliphatic heterocycles. The van der Waals surface area contributed by atoms with E-state index in [2.05, 4.69) is 5.32 Å². The predicted molar refractivity (Wildman–Crippen MR) is 82.3 cm³/mol. The van der Waals surface area contributed by atoms with Crippen LogP contribution >= 0.6 is 0 Å². The number of nitrogens with two attached hydrogens (primary N) is 1. The summed E-state index contributed by atoms with van der Waals surface area (Å²) in [5.41, 5.74) is 5.94. The lowest BCUT2D eigenvalue weighted by molar-refractivity contribution is -0.133. The first-order chi connectivity index (χ1) is 10.9. The van der Waals surface area contributed by atoms with Crippen LogP contribution in [0.1, 0.15) is 31.2 Å².